The second-order valence-corrected chi connectivity index (χ2v) is 3.16. The third-order valence-corrected chi connectivity index (χ3v) is 2.02. The predicted octanol–water partition coefficient (Wildman–Crippen LogP) is 0.834. The zero-order valence-electron chi connectivity index (χ0n) is 6.72. The van der Waals surface area contributed by atoms with Gasteiger partial charge in [-0.05, 0) is 11.8 Å². The highest BCUT2D eigenvalue weighted by molar-refractivity contribution is 5.74. The van der Waals surface area contributed by atoms with Crippen molar-refractivity contribution in [2.24, 2.45) is 11.1 Å². The first-order valence-corrected chi connectivity index (χ1v) is 3.40. The van der Waals surface area contributed by atoms with Crippen molar-refractivity contribution in [1.29, 1.82) is 0 Å². The molecule has 0 radical (unpaired) electrons. The van der Waals surface area contributed by atoms with Crippen LogP contribution in [-0.4, -0.2) is 17.1 Å². The minimum Gasteiger partial charge on any atom is -0.480 e. The molecule has 0 aliphatic heterocycles. The molecule has 0 aliphatic carbocycles. The van der Waals surface area contributed by atoms with E-state index in [0.717, 1.165) is 6.42 Å². The molecule has 0 heterocycles. The van der Waals surface area contributed by atoms with Crippen molar-refractivity contribution in [2.75, 3.05) is 0 Å². The molecule has 0 saturated heterocycles. The fraction of sp³-hybridized carbons (Fsp3) is 0.857. The Morgan fingerprint density at radius 3 is 2.20 bits per heavy atom. The fourth-order valence-corrected chi connectivity index (χ4v) is 0.554. The average Bonchev–Trinajstić information content (AvgIpc) is 1.86. The standard InChI is InChI=1S/C7H15NO2/c1-4-7(2,3)5(8)6(9)10/h5H,4,8H2,1-3H3,(H,9,10). The molecule has 10 heavy (non-hydrogen) atoms. The van der Waals surface area contributed by atoms with E-state index in [9.17, 15) is 4.79 Å². The van der Waals surface area contributed by atoms with Crippen molar-refractivity contribution >= 4 is 5.97 Å². The minimum atomic E-state index is -0.924. The Balaban J connectivity index is 4.17. The highest BCUT2D eigenvalue weighted by Gasteiger charge is 2.29. The van der Waals surface area contributed by atoms with Gasteiger partial charge < -0.3 is 10.8 Å². The summed E-state index contributed by atoms with van der Waals surface area (Å²) in [6.07, 6.45) is 0.778. The van der Waals surface area contributed by atoms with Crippen LogP contribution in [0.5, 0.6) is 0 Å². The van der Waals surface area contributed by atoms with Crippen molar-refractivity contribution < 1.29 is 9.90 Å². The van der Waals surface area contributed by atoms with Crippen LogP contribution in [-0.2, 0) is 4.79 Å². The number of aliphatic carboxylic acids is 1. The zero-order chi connectivity index (χ0) is 8.36. The maximum Gasteiger partial charge on any atom is 0.321 e. The third kappa shape index (κ3) is 1.99. The van der Waals surface area contributed by atoms with Crippen LogP contribution >= 0.6 is 0 Å². The van der Waals surface area contributed by atoms with E-state index in [2.05, 4.69) is 0 Å². The van der Waals surface area contributed by atoms with Crippen molar-refractivity contribution in [2.45, 2.75) is 33.2 Å². The van der Waals surface area contributed by atoms with Crippen LogP contribution in [0.2, 0.25) is 0 Å². The van der Waals surface area contributed by atoms with Gasteiger partial charge in [-0.3, -0.25) is 4.79 Å². The Hall–Kier alpha value is -0.570. The van der Waals surface area contributed by atoms with Crippen molar-refractivity contribution in [3.05, 3.63) is 0 Å². The quantitative estimate of drug-likeness (QED) is 0.618. The maximum atomic E-state index is 10.4. The molecule has 0 rings (SSSR count). The van der Waals surface area contributed by atoms with Crippen LogP contribution < -0.4 is 5.73 Å². The normalized spacial score (nSPS) is 14.8. The molecule has 0 aromatic heterocycles. The van der Waals surface area contributed by atoms with E-state index in [1.165, 1.54) is 0 Å². The molecule has 0 amide bonds. The second kappa shape index (κ2) is 3.01. The Morgan fingerprint density at radius 2 is 2.10 bits per heavy atom. The molecule has 0 fully saturated rings. The summed E-state index contributed by atoms with van der Waals surface area (Å²) < 4.78 is 0. The van der Waals surface area contributed by atoms with Gasteiger partial charge in [0.25, 0.3) is 0 Å². The molecule has 0 bridgehead atoms. The summed E-state index contributed by atoms with van der Waals surface area (Å²) in [6.45, 7) is 5.64. The topological polar surface area (TPSA) is 63.3 Å². The molecule has 0 saturated carbocycles. The Bertz CT molecular complexity index is 132. The van der Waals surface area contributed by atoms with E-state index in [4.69, 9.17) is 10.8 Å². The van der Waals surface area contributed by atoms with Crippen LogP contribution in [0.15, 0.2) is 0 Å². The third-order valence-electron chi connectivity index (χ3n) is 2.02. The number of carboxylic acids is 1. The molecule has 3 N–H and O–H groups in total. The maximum absolute atomic E-state index is 10.4. The fourth-order valence-electron chi connectivity index (χ4n) is 0.554. The first-order chi connectivity index (χ1) is 4.41. The summed E-state index contributed by atoms with van der Waals surface area (Å²) in [5.41, 5.74) is 5.11. The summed E-state index contributed by atoms with van der Waals surface area (Å²) >= 11 is 0. The van der Waals surface area contributed by atoms with E-state index in [-0.39, 0.29) is 5.41 Å². The molecule has 0 aromatic rings. The van der Waals surface area contributed by atoms with Crippen molar-refractivity contribution in [3.8, 4) is 0 Å². The van der Waals surface area contributed by atoms with Gasteiger partial charge in [-0.1, -0.05) is 20.8 Å². The molecular formula is C7H15NO2. The first kappa shape index (κ1) is 9.43. The number of nitrogens with two attached hydrogens (primary N) is 1. The Kier molecular flexibility index (Phi) is 2.84. The highest BCUT2D eigenvalue weighted by Crippen LogP contribution is 2.22. The van der Waals surface area contributed by atoms with Gasteiger partial charge in [0.15, 0.2) is 0 Å². The first-order valence-electron chi connectivity index (χ1n) is 3.40. The Morgan fingerprint density at radius 1 is 1.70 bits per heavy atom. The summed E-state index contributed by atoms with van der Waals surface area (Å²) in [5, 5.41) is 8.52. The van der Waals surface area contributed by atoms with Gasteiger partial charge in [0, 0.05) is 0 Å². The largest absolute Gasteiger partial charge is 0.480 e. The molecule has 1 atom stereocenters. The molecule has 3 nitrogen and oxygen atoms in total. The summed E-state index contributed by atoms with van der Waals surface area (Å²) in [4.78, 5) is 10.4. The van der Waals surface area contributed by atoms with Gasteiger partial charge in [-0.25, -0.2) is 0 Å². The van der Waals surface area contributed by atoms with E-state index >= 15 is 0 Å². The van der Waals surface area contributed by atoms with Gasteiger partial charge >= 0.3 is 5.97 Å². The van der Waals surface area contributed by atoms with E-state index in [0.29, 0.717) is 0 Å². The van der Waals surface area contributed by atoms with E-state index in [1.54, 1.807) is 0 Å². The lowest BCUT2D eigenvalue weighted by atomic mass is 9.82. The van der Waals surface area contributed by atoms with Crippen LogP contribution in [0.1, 0.15) is 27.2 Å². The lowest BCUT2D eigenvalue weighted by molar-refractivity contribution is -0.141. The van der Waals surface area contributed by atoms with E-state index in [1.807, 2.05) is 20.8 Å². The summed E-state index contributed by atoms with van der Waals surface area (Å²) in [5.74, 6) is -0.924. The number of rotatable bonds is 3. The van der Waals surface area contributed by atoms with Crippen LogP contribution in [0.3, 0.4) is 0 Å². The van der Waals surface area contributed by atoms with Crippen molar-refractivity contribution in [3.63, 3.8) is 0 Å². The zero-order valence-corrected chi connectivity index (χ0v) is 6.72. The summed E-state index contributed by atoms with van der Waals surface area (Å²) in [7, 11) is 0. The molecule has 0 aromatic carbocycles. The molecule has 60 valence electrons. The second-order valence-electron chi connectivity index (χ2n) is 3.16. The molecule has 3 heteroatoms. The smallest absolute Gasteiger partial charge is 0.321 e. The van der Waals surface area contributed by atoms with Gasteiger partial charge in [-0.15, -0.1) is 0 Å². The van der Waals surface area contributed by atoms with Gasteiger partial charge in [-0.2, -0.15) is 0 Å². The Labute approximate surface area is 61.2 Å². The van der Waals surface area contributed by atoms with Gasteiger partial charge in [0.05, 0.1) is 0 Å². The SMILES string of the molecule is CCC(C)(C)C(N)C(=O)O. The van der Waals surface area contributed by atoms with Crippen LogP contribution in [0.4, 0.5) is 0 Å². The van der Waals surface area contributed by atoms with Crippen molar-refractivity contribution in [1.82, 2.24) is 0 Å². The highest BCUT2D eigenvalue weighted by atomic mass is 16.4. The predicted molar refractivity (Wildman–Crippen MR) is 39.7 cm³/mol. The molecule has 0 aliphatic rings. The van der Waals surface area contributed by atoms with Crippen LogP contribution in [0, 0.1) is 5.41 Å². The number of hydrogen-bond donors (Lipinski definition) is 2. The number of hydrogen-bond acceptors (Lipinski definition) is 2. The molecule has 1 unspecified atom stereocenters. The lowest BCUT2D eigenvalue weighted by Gasteiger charge is -2.26. The summed E-state index contributed by atoms with van der Waals surface area (Å²) in [6, 6.07) is -0.752. The number of carboxylic acid groups (broad SMARTS) is 1. The lowest BCUT2D eigenvalue weighted by Crippen LogP contribution is -2.43. The van der Waals surface area contributed by atoms with Crippen LogP contribution in [0.25, 0.3) is 0 Å². The number of carbonyl (C=O) groups is 1. The van der Waals surface area contributed by atoms with Gasteiger partial charge in [0.1, 0.15) is 6.04 Å². The molecule has 0 spiro atoms. The van der Waals surface area contributed by atoms with E-state index < -0.39 is 12.0 Å². The minimum absolute atomic E-state index is 0.300. The monoisotopic (exact) mass is 145 g/mol. The molecular weight excluding hydrogens is 130 g/mol. The van der Waals surface area contributed by atoms with Gasteiger partial charge in [0.2, 0.25) is 0 Å². The average molecular weight is 145 g/mol.